The van der Waals surface area contributed by atoms with Crippen LogP contribution in [0.2, 0.25) is 0 Å². The standard InChI is InChI=1S/C13H28N4/c1-11(2)14(6)13(5)16-8-9-17(10-16)15(7)12(3)4/h11-12H,5,8-10H2,1-4,6-7H3. The highest BCUT2D eigenvalue weighted by molar-refractivity contribution is 4.96. The van der Waals surface area contributed by atoms with Crippen LogP contribution in [-0.4, -0.2) is 65.8 Å². The van der Waals surface area contributed by atoms with Gasteiger partial charge >= 0.3 is 0 Å². The molecule has 0 radical (unpaired) electrons. The summed E-state index contributed by atoms with van der Waals surface area (Å²) >= 11 is 0. The lowest BCUT2D eigenvalue weighted by molar-refractivity contribution is -0.0175. The van der Waals surface area contributed by atoms with Crippen molar-refractivity contribution < 1.29 is 0 Å². The number of hydrazine groups is 1. The Kier molecular flexibility index (Phi) is 4.83. The Bertz CT molecular complexity index is 262. The molecule has 4 heteroatoms. The lowest BCUT2D eigenvalue weighted by Crippen LogP contribution is -2.44. The van der Waals surface area contributed by atoms with Crippen molar-refractivity contribution in [1.29, 1.82) is 0 Å². The largest absolute Gasteiger partial charge is 0.359 e. The molecular weight excluding hydrogens is 212 g/mol. The van der Waals surface area contributed by atoms with Gasteiger partial charge < -0.3 is 9.80 Å². The van der Waals surface area contributed by atoms with Gasteiger partial charge in [0.25, 0.3) is 0 Å². The molecule has 0 N–H and O–H groups in total. The SMILES string of the molecule is C=C(N1CCN(N(C)C(C)C)C1)N(C)C(C)C. The molecule has 100 valence electrons. The summed E-state index contributed by atoms with van der Waals surface area (Å²) in [4.78, 5) is 4.58. The van der Waals surface area contributed by atoms with E-state index >= 15 is 0 Å². The summed E-state index contributed by atoms with van der Waals surface area (Å²) in [5.41, 5.74) is 0. The van der Waals surface area contributed by atoms with Gasteiger partial charge in [-0.2, -0.15) is 0 Å². The zero-order valence-corrected chi connectivity index (χ0v) is 12.3. The molecule has 1 saturated heterocycles. The van der Waals surface area contributed by atoms with Gasteiger partial charge in [-0.05, 0) is 27.7 Å². The normalized spacial score (nSPS) is 17.6. The van der Waals surface area contributed by atoms with Gasteiger partial charge in [-0.25, -0.2) is 10.0 Å². The third kappa shape index (κ3) is 3.36. The van der Waals surface area contributed by atoms with E-state index in [4.69, 9.17) is 0 Å². The first-order valence-electron chi connectivity index (χ1n) is 6.49. The molecular formula is C13H28N4. The predicted octanol–water partition coefficient (Wildman–Crippen LogP) is 1.63. The Morgan fingerprint density at radius 1 is 1.06 bits per heavy atom. The number of hydrogen-bond acceptors (Lipinski definition) is 4. The second-order valence-electron chi connectivity index (χ2n) is 5.42. The summed E-state index contributed by atoms with van der Waals surface area (Å²) in [6.07, 6.45) is 0. The third-order valence-corrected chi connectivity index (χ3v) is 3.70. The molecule has 1 rings (SSSR count). The summed E-state index contributed by atoms with van der Waals surface area (Å²) in [6, 6.07) is 1.05. The van der Waals surface area contributed by atoms with Gasteiger partial charge in [0.2, 0.25) is 0 Å². The molecule has 0 aromatic carbocycles. The van der Waals surface area contributed by atoms with Crippen LogP contribution in [0.4, 0.5) is 0 Å². The van der Waals surface area contributed by atoms with Crippen LogP contribution in [0.3, 0.4) is 0 Å². The van der Waals surface area contributed by atoms with Crippen LogP contribution in [0.5, 0.6) is 0 Å². The van der Waals surface area contributed by atoms with Crippen LogP contribution in [0.25, 0.3) is 0 Å². The van der Waals surface area contributed by atoms with Gasteiger partial charge in [0, 0.05) is 39.3 Å². The van der Waals surface area contributed by atoms with E-state index in [-0.39, 0.29) is 0 Å². The molecule has 4 nitrogen and oxygen atoms in total. The highest BCUT2D eigenvalue weighted by Crippen LogP contribution is 2.17. The molecule has 0 amide bonds. The molecule has 0 aromatic heterocycles. The van der Waals surface area contributed by atoms with Crippen LogP contribution in [0, 0.1) is 0 Å². The summed E-state index contributed by atoms with van der Waals surface area (Å²) in [5, 5.41) is 4.69. The van der Waals surface area contributed by atoms with Crippen molar-refractivity contribution in [3.8, 4) is 0 Å². The Balaban J connectivity index is 2.53. The second-order valence-corrected chi connectivity index (χ2v) is 5.42. The average molecular weight is 240 g/mol. The van der Waals surface area contributed by atoms with E-state index in [9.17, 15) is 0 Å². The smallest absolute Gasteiger partial charge is 0.0976 e. The molecule has 0 aromatic rings. The fourth-order valence-corrected chi connectivity index (χ4v) is 1.89. The fourth-order valence-electron chi connectivity index (χ4n) is 1.89. The van der Waals surface area contributed by atoms with E-state index in [1.54, 1.807) is 0 Å². The Labute approximate surface area is 106 Å². The van der Waals surface area contributed by atoms with Gasteiger partial charge in [-0.1, -0.05) is 6.58 Å². The van der Waals surface area contributed by atoms with Crippen molar-refractivity contribution in [2.24, 2.45) is 0 Å². The van der Waals surface area contributed by atoms with Crippen molar-refractivity contribution in [2.45, 2.75) is 39.8 Å². The van der Waals surface area contributed by atoms with E-state index in [1.165, 1.54) is 0 Å². The van der Waals surface area contributed by atoms with E-state index in [1.807, 2.05) is 0 Å². The molecule has 1 aliphatic rings. The summed E-state index contributed by atoms with van der Waals surface area (Å²) in [7, 11) is 4.27. The molecule has 1 fully saturated rings. The average Bonchev–Trinajstić information content (AvgIpc) is 2.74. The minimum absolute atomic E-state index is 0.499. The minimum Gasteiger partial charge on any atom is -0.359 e. The van der Waals surface area contributed by atoms with Gasteiger partial charge in [0.15, 0.2) is 0 Å². The van der Waals surface area contributed by atoms with E-state index in [0.29, 0.717) is 12.1 Å². The molecule has 0 unspecified atom stereocenters. The van der Waals surface area contributed by atoms with E-state index < -0.39 is 0 Å². The van der Waals surface area contributed by atoms with Crippen molar-refractivity contribution in [2.75, 3.05) is 33.9 Å². The maximum atomic E-state index is 4.20. The molecule has 0 bridgehead atoms. The summed E-state index contributed by atoms with van der Waals surface area (Å²) < 4.78 is 0. The molecule has 0 atom stereocenters. The van der Waals surface area contributed by atoms with Crippen LogP contribution >= 0.6 is 0 Å². The molecule has 1 heterocycles. The number of nitrogens with zero attached hydrogens (tertiary/aromatic N) is 4. The first kappa shape index (κ1) is 14.3. The van der Waals surface area contributed by atoms with E-state index in [2.05, 4.69) is 68.2 Å². The molecule has 17 heavy (non-hydrogen) atoms. The van der Waals surface area contributed by atoms with Crippen molar-refractivity contribution in [3.63, 3.8) is 0 Å². The summed E-state index contributed by atoms with van der Waals surface area (Å²) in [6.45, 7) is 16.1. The first-order chi connectivity index (χ1) is 7.84. The van der Waals surface area contributed by atoms with Gasteiger partial charge in [-0.3, -0.25) is 0 Å². The molecule has 1 aliphatic heterocycles. The van der Waals surface area contributed by atoms with Gasteiger partial charge in [0.05, 0.1) is 12.5 Å². The van der Waals surface area contributed by atoms with Crippen LogP contribution in [0.15, 0.2) is 12.4 Å². The topological polar surface area (TPSA) is 13.0 Å². The summed E-state index contributed by atoms with van der Waals surface area (Å²) in [5.74, 6) is 1.12. The van der Waals surface area contributed by atoms with Crippen LogP contribution in [-0.2, 0) is 0 Å². The predicted molar refractivity (Wildman–Crippen MR) is 73.2 cm³/mol. The minimum atomic E-state index is 0.499. The lowest BCUT2D eigenvalue weighted by Gasteiger charge is -2.35. The zero-order valence-electron chi connectivity index (χ0n) is 12.3. The van der Waals surface area contributed by atoms with Crippen molar-refractivity contribution in [1.82, 2.24) is 19.8 Å². The second kappa shape index (κ2) is 5.74. The van der Waals surface area contributed by atoms with E-state index in [0.717, 1.165) is 25.6 Å². The Morgan fingerprint density at radius 2 is 1.65 bits per heavy atom. The first-order valence-corrected chi connectivity index (χ1v) is 6.49. The quantitative estimate of drug-likeness (QED) is 0.724. The molecule has 0 saturated carbocycles. The lowest BCUT2D eigenvalue weighted by atomic mass is 10.3. The Morgan fingerprint density at radius 3 is 2.12 bits per heavy atom. The zero-order chi connectivity index (χ0) is 13.2. The van der Waals surface area contributed by atoms with Gasteiger partial charge in [-0.15, -0.1) is 0 Å². The maximum Gasteiger partial charge on any atom is 0.0976 e. The molecule has 0 spiro atoms. The highest BCUT2D eigenvalue weighted by Gasteiger charge is 2.26. The third-order valence-electron chi connectivity index (χ3n) is 3.70. The van der Waals surface area contributed by atoms with Crippen LogP contribution in [0.1, 0.15) is 27.7 Å². The highest BCUT2D eigenvalue weighted by atomic mass is 15.7. The monoisotopic (exact) mass is 240 g/mol. The van der Waals surface area contributed by atoms with Crippen molar-refractivity contribution in [3.05, 3.63) is 12.4 Å². The maximum absolute atomic E-state index is 4.20. The number of rotatable bonds is 5. The van der Waals surface area contributed by atoms with Crippen molar-refractivity contribution >= 4 is 0 Å². The van der Waals surface area contributed by atoms with Gasteiger partial charge in [0.1, 0.15) is 0 Å². The Hall–Kier alpha value is -0.740. The molecule has 0 aliphatic carbocycles. The van der Waals surface area contributed by atoms with Crippen LogP contribution < -0.4 is 0 Å². The fraction of sp³-hybridized carbons (Fsp3) is 0.846. The number of hydrogen-bond donors (Lipinski definition) is 0.